The first-order valence-electron chi connectivity index (χ1n) is 6.88. The van der Waals surface area contributed by atoms with Gasteiger partial charge in [-0.15, -0.1) is 0 Å². The van der Waals surface area contributed by atoms with Gasteiger partial charge < -0.3 is 15.6 Å². The van der Waals surface area contributed by atoms with Crippen LogP contribution in [-0.4, -0.2) is 28.6 Å². The fourth-order valence-electron chi connectivity index (χ4n) is 2.17. The van der Waals surface area contributed by atoms with E-state index in [1.807, 2.05) is 18.2 Å². The predicted octanol–water partition coefficient (Wildman–Crippen LogP) is 2.16. The lowest BCUT2D eigenvalue weighted by atomic mass is 10.1. The molecule has 1 aromatic carbocycles. The van der Waals surface area contributed by atoms with Crippen molar-refractivity contribution in [3.05, 3.63) is 39.5 Å². The summed E-state index contributed by atoms with van der Waals surface area (Å²) in [6, 6.07) is 9.36. The molecule has 0 aliphatic carbocycles. The van der Waals surface area contributed by atoms with Crippen molar-refractivity contribution >= 4 is 33.4 Å². The predicted molar refractivity (Wildman–Crippen MR) is 92.6 cm³/mol. The normalized spacial score (nSPS) is 11.0. The number of allylic oxidation sites excluding steroid dienone is 1. The summed E-state index contributed by atoms with van der Waals surface area (Å²) < 4.78 is 7.40. The number of methoxy groups -OCH3 is 1. The van der Waals surface area contributed by atoms with Gasteiger partial charge in [-0.3, -0.25) is 0 Å². The Labute approximate surface area is 147 Å². The summed E-state index contributed by atoms with van der Waals surface area (Å²) in [7, 11) is 1.53. The van der Waals surface area contributed by atoms with Crippen LogP contribution in [0.4, 0.5) is 5.82 Å². The van der Waals surface area contributed by atoms with E-state index in [9.17, 15) is 10.5 Å². The van der Waals surface area contributed by atoms with Crippen LogP contribution in [0, 0.1) is 22.7 Å². The number of ether oxygens (including phenoxy) is 1. The highest BCUT2D eigenvalue weighted by Crippen LogP contribution is 2.29. The molecule has 0 spiro atoms. The number of rotatable bonds is 5. The second-order valence-corrected chi connectivity index (χ2v) is 5.64. The monoisotopic (exact) mass is 387 g/mol. The van der Waals surface area contributed by atoms with E-state index < -0.39 is 0 Å². The number of hydrogen-bond donors (Lipinski definition) is 2. The summed E-state index contributed by atoms with van der Waals surface area (Å²) in [4.78, 5) is 0. The van der Waals surface area contributed by atoms with Crippen LogP contribution in [0.5, 0.6) is 5.75 Å². The molecule has 0 fully saturated rings. The molecule has 2 rings (SSSR count). The Bertz CT molecular complexity index is 874. The van der Waals surface area contributed by atoms with Crippen LogP contribution in [0.2, 0.25) is 0 Å². The Kier molecular flexibility index (Phi) is 5.59. The number of nitrogens with two attached hydrogens (primary N) is 1. The van der Waals surface area contributed by atoms with E-state index in [1.54, 1.807) is 18.2 Å². The molecule has 0 unspecified atom stereocenters. The van der Waals surface area contributed by atoms with Gasteiger partial charge in [0.15, 0.2) is 0 Å². The fourth-order valence-corrected chi connectivity index (χ4v) is 2.54. The minimum atomic E-state index is -0.179. The van der Waals surface area contributed by atoms with Crippen molar-refractivity contribution in [2.45, 2.75) is 6.54 Å². The molecule has 3 N–H and O–H groups in total. The van der Waals surface area contributed by atoms with Crippen LogP contribution in [0.1, 0.15) is 16.8 Å². The van der Waals surface area contributed by atoms with Crippen molar-refractivity contribution in [2.24, 2.45) is 0 Å². The highest BCUT2D eigenvalue weighted by Gasteiger charge is 2.19. The maximum absolute atomic E-state index is 9.50. The molecule has 0 amide bonds. The first-order valence-corrected chi connectivity index (χ1v) is 7.68. The molecule has 8 heteroatoms. The van der Waals surface area contributed by atoms with Crippen molar-refractivity contribution in [1.29, 1.82) is 10.5 Å². The van der Waals surface area contributed by atoms with Gasteiger partial charge in [-0.25, -0.2) is 4.68 Å². The van der Waals surface area contributed by atoms with Gasteiger partial charge in [0, 0.05) is 10.0 Å². The number of benzene rings is 1. The Morgan fingerprint density at radius 2 is 2.25 bits per heavy atom. The lowest BCUT2D eigenvalue weighted by Crippen LogP contribution is -2.07. The molecule has 0 atom stereocenters. The van der Waals surface area contributed by atoms with Crippen molar-refractivity contribution in [3.63, 3.8) is 0 Å². The summed E-state index contributed by atoms with van der Waals surface area (Å²) in [6.45, 7) is -0.0410. The van der Waals surface area contributed by atoms with E-state index in [0.717, 1.165) is 4.47 Å². The molecule has 1 heterocycles. The van der Waals surface area contributed by atoms with Crippen molar-refractivity contribution in [2.75, 3.05) is 19.5 Å². The number of aliphatic hydroxyl groups is 1. The molecule has 122 valence electrons. The molecule has 0 bridgehead atoms. The van der Waals surface area contributed by atoms with Crippen molar-refractivity contribution in [1.82, 2.24) is 9.78 Å². The van der Waals surface area contributed by atoms with Crippen LogP contribution in [0.15, 0.2) is 22.7 Å². The van der Waals surface area contributed by atoms with Crippen LogP contribution < -0.4 is 10.5 Å². The Morgan fingerprint density at radius 3 is 2.83 bits per heavy atom. The summed E-state index contributed by atoms with van der Waals surface area (Å²) in [5, 5.41) is 32.1. The largest absolute Gasteiger partial charge is 0.496 e. The smallest absolute Gasteiger partial charge is 0.140 e. The van der Waals surface area contributed by atoms with Gasteiger partial charge in [-0.05, 0) is 24.3 Å². The SMILES string of the molecule is COc1ccc(Br)cc1C=C(C#N)c1nn(CCO)c(N)c1C#N. The minimum absolute atomic E-state index is 0.102. The van der Waals surface area contributed by atoms with E-state index in [0.29, 0.717) is 11.3 Å². The molecule has 2 aromatic rings. The number of nitrogens with zero attached hydrogens (tertiary/aromatic N) is 4. The maximum Gasteiger partial charge on any atom is 0.140 e. The third-order valence-corrected chi connectivity index (χ3v) is 3.78. The first-order chi connectivity index (χ1) is 11.5. The van der Waals surface area contributed by atoms with Gasteiger partial charge in [0.2, 0.25) is 0 Å². The highest BCUT2D eigenvalue weighted by atomic mass is 79.9. The quantitative estimate of drug-likeness (QED) is 0.758. The third kappa shape index (κ3) is 3.40. The van der Waals surface area contributed by atoms with E-state index in [4.69, 9.17) is 15.6 Å². The molecule has 0 saturated heterocycles. The van der Waals surface area contributed by atoms with Gasteiger partial charge in [0.25, 0.3) is 0 Å². The lowest BCUT2D eigenvalue weighted by molar-refractivity contribution is 0.270. The summed E-state index contributed by atoms with van der Waals surface area (Å²) in [5.41, 5.74) is 6.97. The van der Waals surface area contributed by atoms with E-state index in [2.05, 4.69) is 21.0 Å². The van der Waals surface area contributed by atoms with Gasteiger partial charge >= 0.3 is 0 Å². The number of aliphatic hydroxyl groups excluding tert-OH is 1. The topological polar surface area (TPSA) is 121 Å². The zero-order chi connectivity index (χ0) is 17.7. The lowest BCUT2D eigenvalue weighted by Gasteiger charge is -2.05. The Balaban J connectivity index is 2.62. The molecule has 0 radical (unpaired) electrons. The standard InChI is InChI=1S/C16H14BrN5O2/c1-24-14-3-2-12(17)7-10(14)6-11(8-18)15-13(9-19)16(20)22(21-15)4-5-23/h2-3,6-7,23H,4-5,20H2,1H3. The fraction of sp³-hybridized carbons (Fsp3) is 0.188. The second kappa shape index (κ2) is 7.64. The third-order valence-electron chi connectivity index (χ3n) is 3.28. The highest BCUT2D eigenvalue weighted by molar-refractivity contribution is 9.10. The van der Waals surface area contributed by atoms with Gasteiger partial charge in [0.05, 0.1) is 25.8 Å². The minimum Gasteiger partial charge on any atom is -0.496 e. The first kappa shape index (κ1) is 17.5. The molecule has 7 nitrogen and oxygen atoms in total. The van der Waals surface area contributed by atoms with E-state index >= 15 is 0 Å². The van der Waals surface area contributed by atoms with E-state index in [1.165, 1.54) is 11.8 Å². The van der Waals surface area contributed by atoms with Crippen LogP contribution in [-0.2, 0) is 6.54 Å². The summed E-state index contributed by atoms with van der Waals surface area (Å²) in [5.74, 6) is 0.691. The van der Waals surface area contributed by atoms with Gasteiger partial charge in [-0.2, -0.15) is 15.6 Å². The molecule has 24 heavy (non-hydrogen) atoms. The number of nitriles is 2. The Morgan fingerprint density at radius 1 is 1.50 bits per heavy atom. The number of halogens is 1. The van der Waals surface area contributed by atoms with Gasteiger partial charge in [-0.1, -0.05) is 15.9 Å². The second-order valence-electron chi connectivity index (χ2n) is 4.72. The molecule has 0 saturated carbocycles. The molecular formula is C16H14BrN5O2. The Hall–Kier alpha value is -2.81. The molecule has 0 aliphatic heterocycles. The average molecular weight is 388 g/mol. The zero-order valence-corrected chi connectivity index (χ0v) is 14.4. The zero-order valence-electron chi connectivity index (χ0n) is 12.8. The van der Waals surface area contributed by atoms with E-state index in [-0.39, 0.29) is 35.8 Å². The maximum atomic E-state index is 9.50. The molecule has 1 aromatic heterocycles. The number of hydrogen-bond acceptors (Lipinski definition) is 6. The van der Waals surface area contributed by atoms with Crippen molar-refractivity contribution < 1.29 is 9.84 Å². The van der Waals surface area contributed by atoms with Crippen LogP contribution in [0.25, 0.3) is 11.6 Å². The van der Waals surface area contributed by atoms with Crippen LogP contribution in [0.3, 0.4) is 0 Å². The summed E-state index contributed by atoms with van der Waals surface area (Å²) in [6.07, 6.45) is 1.58. The summed E-state index contributed by atoms with van der Waals surface area (Å²) >= 11 is 3.37. The number of anilines is 1. The number of nitrogen functional groups attached to an aromatic ring is 1. The molecule has 0 aliphatic rings. The van der Waals surface area contributed by atoms with Crippen molar-refractivity contribution in [3.8, 4) is 17.9 Å². The van der Waals surface area contributed by atoms with Gasteiger partial charge in [0.1, 0.15) is 35.0 Å². The molecular weight excluding hydrogens is 374 g/mol. The van der Waals surface area contributed by atoms with Crippen LogP contribution >= 0.6 is 15.9 Å². The average Bonchev–Trinajstić information content (AvgIpc) is 2.89. The number of aromatic nitrogens is 2.